The molecule has 1 rings (SSSR count). The molecule has 0 amide bonds. The van der Waals surface area contributed by atoms with Crippen LogP contribution in [0.4, 0.5) is 0 Å². The maximum atomic E-state index is 10.6. The van der Waals surface area contributed by atoms with Crippen molar-refractivity contribution < 1.29 is 9.59 Å². The Hall–Kier alpha value is -1.12. The number of carbonyl (C=O) groups is 2. The van der Waals surface area contributed by atoms with Gasteiger partial charge in [0.1, 0.15) is 0 Å². The fourth-order valence-electron chi connectivity index (χ4n) is 0.613. The lowest BCUT2D eigenvalue weighted by Crippen LogP contribution is -2.22. The summed E-state index contributed by atoms with van der Waals surface area (Å²) in [5.74, 6) is -0.642. The minimum absolute atomic E-state index is 0.148. The Morgan fingerprint density at radius 1 is 1.33 bits per heavy atom. The SMILES string of the molecule is O=C1CC=CNCC1=O. The van der Waals surface area contributed by atoms with Crippen LogP contribution < -0.4 is 5.32 Å². The van der Waals surface area contributed by atoms with Crippen LogP contribution in [0.3, 0.4) is 0 Å². The van der Waals surface area contributed by atoms with E-state index in [0.717, 1.165) is 0 Å². The van der Waals surface area contributed by atoms with Crippen molar-refractivity contribution in [1.29, 1.82) is 0 Å². The number of hydrogen-bond acceptors (Lipinski definition) is 3. The van der Waals surface area contributed by atoms with Gasteiger partial charge in [0.2, 0.25) is 11.6 Å². The number of Topliss-reactive ketones (excluding diaryl/α,β-unsaturated/α-hetero) is 2. The molecule has 48 valence electrons. The Kier molecular flexibility index (Phi) is 1.63. The molecular formula is C6H7NO2. The molecule has 0 radical (unpaired) electrons. The molecule has 9 heavy (non-hydrogen) atoms. The molecule has 0 atom stereocenters. The van der Waals surface area contributed by atoms with E-state index in [0.29, 0.717) is 0 Å². The lowest BCUT2D eigenvalue weighted by atomic mass is 10.2. The van der Waals surface area contributed by atoms with Crippen LogP contribution in [0.15, 0.2) is 12.3 Å². The maximum Gasteiger partial charge on any atom is 0.217 e. The molecule has 0 saturated carbocycles. The number of carbonyl (C=O) groups excluding carboxylic acids is 2. The summed E-state index contributed by atoms with van der Waals surface area (Å²) >= 11 is 0. The largest absolute Gasteiger partial charge is 0.384 e. The van der Waals surface area contributed by atoms with E-state index in [9.17, 15) is 9.59 Å². The van der Waals surface area contributed by atoms with Crippen LogP contribution in [-0.4, -0.2) is 18.1 Å². The maximum absolute atomic E-state index is 10.6. The molecule has 0 saturated heterocycles. The van der Waals surface area contributed by atoms with E-state index < -0.39 is 0 Å². The number of ketones is 2. The van der Waals surface area contributed by atoms with E-state index in [1.807, 2.05) is 0 Å². The summed E-state index contributed by atoms with van der Waals surface area (Å²) in [7, 11) is 0. The zero-order valence-corrected chi connectivity index (χ0v) is 4.89. The van der Waals surface area contributed by atoms with Gasteiger partial charge >= 0.3 is 0 Å². The van der Waals surface area contributed by atoms with Crippen LogP contribution in [0.2, 0.25) is 0 Å². The van der Waals surface area contributed by atoms with Gasteiger partial charge in [0, 0.05) is 6.42 Å². The second kappa shape index (κ2) is 2.44. The summed E-state index contributed by atoms with van der Waals surface area (Å²) in [5, 5.41) is 2.68. The fraction of sp³-hybridized carbons (Fsp3) is 0.333. The first-order valence-electron chi connectivity index (χ1n) is 2.75. The van der Waals surface area contributed by atoms with Gasteiger partial charge in [-0.15, -0.1) is 0 Å². The van der Waals surface area contributed by atoms with Gasteiger partial charge in [-0.2, -0.15) is 0 Å². The molecule has 1 aliphatic rings. The summed E-state index contributed by atoms with van der Waals surface area (Å²) in [6.45, 7) is 0.148. The molecule has 0 spiro atoms. The van der Waals surface area contributed by atoms with E-state index >= 15 is 0 Å². The number of rotatable bonds is 0. The lowest BCUT2D eigenvalue weighted by Gasteiger charge is -1.90. The first-order chi connectivity index (χ1) is 4.30. The van der Waals surface area contributed by atoms with Crippen molar-refractivity contribution in [2.75, 3.05) is 6.54 Å². The Labute approximate surface area is 52.7 Å². The van der Waals surface area contributed by atoms with Gasteiger partial charge < -0.3 is 5.32 Å². The van der Waals surface area contributed by atoms with Gasteiger partial charge in [-0.05, 0) is 6.20 Å². The molecule has 0 bridgehead atoms. The lowest BCUT2D eigenvalue weighted by molar-refractivity contribution is -0.135. The molecule has 3 nitrogen and oxygen atoms in total. The molecule has 1 aliphatic heterocycles. The monoisotopic (exact) mass is 125 g/mol. The van der Waals surface area contributed by atoms with Crippen molar-refractivity contribution in [2.45, 2.75) is 6.42 Å². The average Bonchev–Trinajstić information content (AvgIpc) is 1.99. The first kappa shape index (κ1) is 6.01. The summed E-state index contributed by atoms with van der Waals surface area (Å²) in [6.07, 6.45) is 3.52. The topological polar surface area (TPSA) is 46.2 Å². The Morgan fingerprint density at radius 2 is 2.11 bits per heavy atom. The quantitative estimate of drug-likeness (QED) is 0.449. The third-order valence-electron chi connectivity index (χ3n) is 1.11. The van der Waals surface area contributed by atoms with E-state index in [1.54, 1.807) is 12.3 Å². The summed E-state index contributed by atoms with van der Waals surface area (Å²) in [5.41, 5.74) is 0. The molecule has 3 heteroatoms. The van der Waals surface area contributed by atoms with E-state index in [1.165, 1.54) is 0 Å². The second-order valence-corrected chi connectivity index (χ2v) is 1.83. The average molecular weight is 125 g/mol. The molecule has 0 fully saturated rings. The highest BCUT2D eigenvalue weighted by Gasteiger charge is 2.12. The van der Waals surface area contributed by atoms with E-state index in [2.05, 4.69) is 5.32 Å². The number of hydrogen-bond donors (Lipinski definition) is 1. The van der Waals surface area contributed by atoms with Crippen LogP contribution in [0.1, 0.15) is 6.42 Å². The highest BCUT2D eigenvalue weighted by molar-refractivity contribution is 6.38. The molecule has 0 aromatic rings. The highest BCUT2D eigenvalue weighted by atomic mass is 16.2. The smallest absolute Gasteiger partial charge is 0.217 e. The molecule has 1 N–H and O–H groups in total. The fourth-order valence-corrected chi connectivity index (χ4v) is 0.613. The van der Waals surface area contributed by atoms with Crippen molar-refractivity contribution >= 4 is 11.6 Å². The van der Waals surface area contributed by atoms with Gasteiger partial charge in [0.25, 0.3) is 0 Å². The molecule has 1 heterocycles. The van der Waals surface area contributed by atoms with Gasteiger partial charge in [-0.25, -0.2) is 0 Å². The van der Waals surface area contributed by atoms with Crippen LogP contribution in [0.5, 0.6) is 0 Å². The van der Waals surface area contributed by atoms with Crippen molar-refractivity contribution in [1.82, 2.24) is 5.32 Å². The van der Waals surface area contributed by atoms with Crippen molar-refractivity contribution in [3.05, 3.63) is 12.3 Å². The standard InChI is InChI=1S/C6H7NO2/c8-5-2-1-3-7-4-6(5)9/h1,3,7H,2,4H2. The van der Waals surface area contributed by atoms with Crippen molar-refractivity contribution in [3.8, 4) is 0 Å². The third-order valence-corrected chi connectivity index (χ3v) is 1.11. The summed E-state index contributed by atoms with van der Waals surface area (Å²) < 4.78 is 0. The second-order valence-electron chi connectivity index (χ2n) is 1.83. The molecule has 0 aromatic heterocycles. The first-order valence-corrected chi connectivity index (χ1v) is 2.75. The summed E-state index contributed by atoms with van der Waals surface area (Å²) in [6, 6.07) is 0. The van der Waals surface area contributed by atoms with Crippen LogP contribution in [0.25, 0.3) is 0 Å². The molecular weight excluding hydrogens is 118 g/mol. The predicted octanol–water partition coefficient (Wildman–Crippen LogP) is -0.368. The zero-order valence-electron chi connectivity index (χ0n) is 4.89. The van der Waals surface area contributed by atoms with Crippen LogP contribution in [0, 0.1) is 0 Å². The number of allylic oxidation sites excluding steroid dienone is 1. The summed E-state index contributed by atoms with van der Waals surface area (Å²) in [4.78, 5) is 21.1. The zero-order chi connectivity index (χ0) is 6.69. The van der Waals surface area contributed by atoms with E-state index in [-0.39, 0.29) is 24.5 Å². The number of nitrogens with one attached hydrogen (secondary N) is 1. The van der Waals surface area contributed by atoms with Gasteiger partial charge in [0.05, 0.1) is 6.54 Å². The van der Waals surface area contributed by atoms with Gasteiger partial charge in [-0.1, -0.05) is 6.08 Å². The minimum Gasteiger partial charge on any atom is -0.384 e. The Bertz CT molecular complexity index is 172. The van der Waals surface area contributed by atoms with Crippen molar-refractivity contribution in [3.63, 3.8) is 0 Å². The van der Waals surface area contributed by atoms with Crippen LogP contribution in [-0.2, 0) is 9.59 Å². The molecule has 0 aliphatic carbocycles. The Balaban J connectivity index is 2.63. The normalized spacial score (nSPS) is 19.1. The third kappa shape index (κ3) is 1.38. The predicted molar refractivity (Wildman–Crippen MR) is 31.8 cm³/mol. The molecule has 0 aromatic carbocycles. The minimum atomic E-state index is -0.333. The van der Waals surface area contributed by atoms with E-state index in [4.69, 9.17) is 0 Å². The van der Waals surface area contributed by atoms with Crippen molar-refractivity contribution in [2.24, 2.45) is 0 Å². The Morgan fingerprint density at radius 3 is 2.89 bits per heavy atom. The van der Waals surface area contributed by atoms with Gasteiger partial charge in [-0.3, -0.25) is 9.59 Å². The van der Waals surface area contributed by atoms with Gasteiger partial charge in [0.15, 0.2) is 0 Å². The van der Waals surface area contributed by atoms with Crippen LogP contribution >= 0.6 is 0 Å². The molecule has 0 unspecified atom stereocenters. The highest BCUT2D eigenvalue weighted by Crippen LogP contribution is 1.90.